The largest absolute Gasteiger partial charge is 0.365 e. The van der Waals surface area contributed by atoms with Gasteiger partial charge in [-0.15, -0.1) is 0 Å². The Hall–Kier alpha value is -1.60. The number of nitriles is 1. The predicted molar refractivity (Wildman–Crippen MR) is 84.0 cm³/mol. The maximum atomic E-state index is 9.16. The lowest BCUT2D eigenvalue weighted by molar-refractivity contribution is 0.124. The zero-order valence-corrected chi connectivity index (χ0v) is 12.6. The molecule has 1 aromatic heterocycles. The molecule has 0 bridgehead atoms. The van der Waals surface area contributed by atoms with Crippen molar-refractivity contribution in [2.24, 2.45) is 0 Å². The molecule has 0 radical (unpaired) electrons. The summed E-state index contributed by atoms with van der Waals surface area (Å²) in [6.07, 6.45) is 11.1. The number of aromatic nitrogens is 1. The van der Waals surface area contributed by atoms with E-state index in [4.69, 9.17) is 5.26 Å². The van der Waals surface area contributed by atoms with Gasteiger partial charge in [-0.25, -0.2) is 4.98 Å². The fourth-order valence-electron chi connectivity index (χ4n) is 3.71. The second-order valence-corrected chi connectivity index (χ2v) is 6.28. The van der Waals surface area contributed by atoms with Crippen molar-refractivity contribution in [2.75, 3.05) is 18.4 Å². The molecule has 2 aliphatic rings. The molecule has 1 aliphatic heterocycles. The van der Waals surface area contributed by atoms with Crippen LogP contribution in [0.4, 0.5) is 5.82 Å². The van der Waals surface area contributed by atoms with Crippen molar-refractivity contribution in [1.82, 2.24) is 9.88 Å². The summed E-state index contributed by atoms with van der Waals surface area (Å²) in [7, 11) is 0. The Bertz CT molecular complexity index is 502. The van der Waals surface area contributed by atoms with Crippen molar-refractivity contribution in [1.29, 1.82) is 5.26 Å². The number of hydrogen-bond acceptors (Lipinski definition) is 4. The first-order chi connectivity index (χ1) is 10.4. The van der Waals surface area contributed by atoms with Crippen molar-refractivity contribution in [2.45, 2.75) is 57.0 Å². The molecule has 1 aliphatic carbocycles. The number of pyridine rings is 1. The highest BCUT2D eigenvalue weighted by Gasteiger charge is 2.27. The fourth-order valence-corrected chi connectivity index (χ4v) is 3.71. The normalized spacial score (nSPS) is 24.4. The van der Waals surface area contributed by atoms with Gasteiger partial charge >= 0.3 is 0 Å². The van der Waals surface area contributed by atoms with Crippen molar-refractivity contribution >= 4 is 5.82 Å². The van der Waals surface area contributed by atoms with Crippen molar-refractivity contribution in [3.05, 3.63) is 23.9 Å². The van der Waals surface area contributed by atoms with E-state index in [0.717, 1.165) is 18.4 Å². The Balaban J connectivity index is 1.62. The van der Waals surface area contributed by atoms with Gasteiger partial charge in [0.15, 0.2) is 0 Å². The molecule has 2 heterocycles. The van der Waals surface area contributed by atoms with Gasteiger partial charge in [0.25, 0.3) is 0 Å². The summed E-state index contributed by atoms with van der Waals surface area (Å²) in [5, 5.41) is 12.7. The van der Waals surface area contributed by atoms with Gasteiger partial charge in [0.1, 0.15) is 11.9 Å². The molecule has 0 amide bonds. The third kappa shape index (κ3) is 3.54. The van der Waals surface area contributed by atoms with Crippen LogP contribution in [0, 0.1) is 11.3 Å². The number of anilines is 1. The maximum Gasteiger partial charge on any atom is 0.144 e. The number of hydrogen-bond donors (Lipinski definition) is 1. The van der Waals surface area contributed by atoms with Crippen LogP contribution in [0.3, 0.4) is 0 Å². The summed E-state index contributed by atoms with van der Waals surface area (Å²) in [4.78, 5) is 6.99. The van der Waals surface area contributed by atoms with Crippen LogP contribution in [0.25, 0.3) is 0 Å². The van der Waals surface area contributed by atoms with Crippen molar-refractivity contribution < 1.29 is 0 Å². The van der Waals surface area contributed by atoms with Crippen LogP contribution >= 0.6 is 0 Å². The van der Waals surface area contributed by atoms with Crippen LogP contribution in [0.5, 0.6) is 0 Å². The van der Waals surface area contributed by atoms with E-state index in [2.05, 4.69) is 21.3 Å². The zero-order valence-electron chi connectivity index (χ0n) is 12.6. The topological polar surface area (TPSA) is 52.0 Å². The highest BCUT2D eigenvalue weighted by Crippen LogP contribution is 2.26. The first-order valence-corrected chi connectivity index (χ1v) is 8.22. The monoisotopic (exact) mass is 284 g/mol. The van der Waals surface area contributed by atoms with Crippen LogP contribution in [-0.4, -0.2) is 35.1 Å². The minimum Gasteiger partial charge on any atom is -0.365 e. The molecule has 1 atom stereocenters. The summed E-state index contributed by atoms with van der Waals surface area (Å²) < 4.78 is 0. The first-order valence-electron chi connectivity index (χ1n) is 8.22. The van der Waals surface area contributed by atoms with Gasteiger partial charge < -0.3 is 5.32 Å². The summed E-state index contributed by atoms with van der Waals surface area (Å²) in [5.74, 6) is 0.746. The number of piperidine rings is 1. The molecule has 21 heavy (non-hydrogen) atoms. The van der Waals surface area contributed by atoms with E-state index in [0.29, 0.717) is 11.6 Å². The molecule has 0 spiro atoms. The lowest BCUT2D eigenvalue weighted by Crippen LogP contribution is -2.47. The molecule has 2 fully saturated rings. The number of likely N-dealkylation sites (tertiary alicyclic amines) is 1. The summed E-state index contributed by atoms with van der Waals surface area (Å²) in [6.45, 7) is 2.32. The highest BCUT2D eigenvalue weighted by atomic mass is 15.2. The van der Waals surface area contributed by atoms with E-state index >= 15 is 0 Å². The summed E-state index contributed by atoms with van der Waals surface area (Å²) in [6, 6.07) is 7.07. The molecule has 4 heteroatoms. The fraction of sp³-hybridized carbons (Fsp3) is 0.647. The van der Waals surface area contributed by atoms with E-state index in [-0.39, 0.29) is 0 Å². The molecular formula is C17H24N4. The van der Waals surface area contributed by atoms with Crippen LogP contribution < -0.4 is 5.32 Å². The molecule has 1 saturated heterocycles. The number of nitrogens with one attached hydrogen (secondary N) is 1. The van der Waals surface area contributed by atoms with Crippen molar-refractivity contribution in [3.8, 4) is 6.07 Å². The molecule has 4 nitrogen and oxygen atoms in total. The molecule has 1 aromatic rings. The Morgan fingerprint density at radius 3 is 2.86 bits per heavy atom. The molecule has 1 N–H and O–H groups in total. The first kappa shape index (κ1) is 14.3. The predicted octanol–water partition coefficient (Wildman–Crippen LogP) is 3.16. The van der Waals surface area contributed by atoms with Gasteiger partial charge in [-0.3, -0.25) is 4.90 Å². The molecule has 0 aromatic carbocycles. The smallest absolute Gasteiger partial charge is 0.144 e. The van der Waals surface area contributed by atoms with Gasteiger partial charge in [0.2, 0.25) is 0 Å². The molecule has 1 saturated carbocycles. The standard InChI is InChI=1S/C17H24N4/c18-12-14-6-4-10-19-17(14)20-15-7-5-11-21(13-15)16-8-2-1-3-9-16/h4,6,10,15-16H,1-3,5,7-9,11,13H2,(H,19,20). The number of nitrogens with zero attached hydrogens (tertiary/aromatic N) is 3. The van der Waals surface area contributed by atoms with Crippen LogP contribution in [0.2, 0.25) is 0 Å². The molecular weight excluding hydrogens is 260 g/mol. The van der Waals surface area contributed by atoms with Gasteiger partial charge in [0, 0.05) is 24.8 Å². The summed E-state index contributed by atoms with van der Waals surface area (Å²) in [5.41, 5.74) is 0.646. The number of rotatable bonds is 3. The van der Waals surface area contributed by atoms with E-state index < -0.39 is 0 Å². The Morgan fingerprint density at radius 2 is 2.05 bits per heavy atom. The minimum atomic E-state index is 0.419. The highest BCUT2D eigenvalue weighted by molar-refractivity contribution is 5.51. The SMILES string of the molecule is N#Cc1cccnc1NC1CCCN(C2CCCCC2)C1. The maximum absolute atomic E-state index is 9.16. The third-order valence-electron chi connectivity index (χ3n) is 4.81. The van der Waals surface area contributed by atoms with Gasteiger partial charge in [-0.2, -0.15) is 5.26 Å². The van der Waals surface area contributed by atoms with Crippen molar-refractivity contribution in [3.63, 3.8) is 0 Å². The average Bonchev–Trinajstić information content (AvgIpc) is 2.56. The van der Waals surface area contributed by atoms with E-state index in [1.165, 1.54) is 51.5 Å². The third-order valence-corrected chi connectivity index (χ3v) is 4.81. The van der Waals surface area contributed by atoms with E-state index in [9.17, 15) is 0 Å². The van der Waals surface area contributed by atoms with Crippen LogP contribution in [-0.2, 0) is 0 Å². The Morgan fingerprint density at radius 1 is 1.19 bits per heavy atom. The summed E-state index contributed by atoms with van der Waals surface area (Å²) >= 11 is 0. The van der Waals surface area contributed by atoms with Crippen LogP contribution in [0.1, 0.15) is 50.5 Å². The quantitative estimate of drug-likeness (QED) is 0.926. The molecule has 3 rings (SSSR count). The minimum absolute atomic E-state index is 0.419. The lowest BCUT2D eigenvalue weighted by Gasteiger charge is -2.40. The second-order valence-electron chi connectivity index (χ2n) is 6.28. The van der Waals surface area contributed by atoms with Gasteiger partial charge in [-0.05, 0) is 44.4 Å². The van der Waals surface area contributed by atoms with Crippen LogP contribution in [0.15, 0.2) is 18.3 Å². The van der Waals surface area contributed by atoms with E-state index in [1.807, 2.05) is 12.1 Å². The lowest BCUT2D eigenvalue weighted by atomic mass is 9.92. The average molecular weight is 284 g/mol. The van der Waals surface area contributed by atoms with Gasteiger partial charge in [0.05, 0.1) is 5.56 Å². The molecule has 1 unspecified atom stereocenters. The zero-order chi connectivity index (χ0) is 14.5. The second kappa shape index (κ2) is 6.91. The Kier molecular flexibility index (Phi) is 4.72. The van der Waals surface area contributed by atoms with Gasteiger partial charge in [-0.1, -0.05) is 19.3 Å². The Labute approximate surface area is 127 Å². The molecule has 112 valence electrons. The van der Waals surface area contributed by atoms with E-state index in [1.54, 1.807) is 6.20 Å².